The van der Waals surface area contributed by atoms with Crippen molar-refractivity contribution in [3.05, 3.63) is 0 Å². The fraction of sp³-hybridized carbons (Fsp3) is 0.833. The number of esters is 1. The molecule has 7 heteroatoms. The first kappa shape index (κ1) is 18.0. The summed E-state index contributed by atoms with van der Waals surface area (Å²) in [6.07, 6.45) is -0.0747. The minimum Gasteiger partial charge on any atom is -0.469 e. The number of hydrogen-bond acceptors (Lipinski definition) is 5. The van der Waals surface area contributed by atoms with Crippen LogP contribution in [0.2, 0.25) is 0 Å². The Labute approximate surface area is 120 Å². The molecule has 1 fully saturated rings. The van der Waals surface area contributed by atoms with E-state index in [1.807, 2.05) is 20.8 Å². The molecule has 0 aromatic carbocycles. The molecule has 1 atom stereocenters. The highest BCUT2D eigenvalue weighted by Gasteiger charge is 2.28. The molecule has 1 aliphatic heterocycles. The van der Waals surface area contributed by atoms with E-state index in [0.29, 0.717) is 19.6 Å². The Bertz CT molecular complexity index is 317. The molecule has 6 nitrogen and oxygen atoms in total. The summed E-state index contributed by atoms with van der Waals surface area (Å²) >= 11 is 0. The van der Waals surface area contributed by atoms with Gasteiger partial charge < -0.3 is 19.7 Å². The van der Waals surface area contributed by atoms with Crippen LogP contribution in [0.4, 0.5) is 4.79 Å². The molecule has 1 amide bonds. The van der Waals surface area contributed by atoms with Crippen molar-refractivity contribution >= 4 is 24.5 Å². The molecular formula is C12H23ClN2O4. The zero-order valence-electron chi connectivity index (χ0n) is 11.9. The molecule has 0 aliphatic carbocycles. The number of nitrogens with zero attached hydrogens (tertiary/aromatic N) is 1. The van der Waals surface area contributed by atoms with E-state index in [4.69, 9.17) is 4.74 Å². The van der Waals surface area contributed by atoms with Crippen molar-refractivity contribution in [3.8, 4) is 0 Å². The highest BCUT2D eigenvalue weighted by Crippen LogP contribution is 2.12. The molecule has 0 aromatic rings. The van der Waals surface area contributed by atoms with Crippen LogP contribution in [-0.2, 0) is 14.3 Å². The number of ether oxygens (including phenoxy) is 2. The molecule has 0 aromatic heterocycles. The molecule has 0 unspecified atom stereocenters. The van der Waals surface area contributed by atoms with E-state index < -0.39 is 5.60 Å². The molecule has 0 radical (unpaired) electrons. The Hall–Kier alpha value is -1.01. The third-order valence-corrected chi connectivity index (χ3v) is 2.55. The third-order valence-electron chi connectivity index (χ3n) is 2.55. The molecule has 1 rings (SSSR count). The van der Waals surface area contributed by atoms with Crippen molar-refractivity contribution in [1.29, 1.82) is 0 Å². The SMILES string of the molecule is COC(=O)C[C@@H]1CN(C(=O)OC(C)(C)C)CCN1.Cl. The average molecular weight is 295 g/mol. The quantitative estimate of drug-likeness (QED) is 0.775. The summed E-state index contributed by atoms with van der Waals surface area (Å²) in [4.78, 5) is 24.7. The number of methoxy groups -OCH3 is 1. The van der Waals surface area contributed by atoms with Gasteiger partial charge in [0.25, 0.3) is 0 Å². The normalized spacial score (nSPS) is 19.4. The van der Waals surface area contributed by atoms with E-state index in [0.717, 1.165) is 0 Å². The van der Waals surface area contributed by atoms with Gasteiger partial charge in [-0.3, -0.25) is 4.79 Å². The Kier molecular flexibility index (Phi) is 7.15. The summed E-state index contributed by atoms with van der Waals surface area (Å²) < 4.78 is 9.92. The zero-order valence-corrected chi connectivity index (χ0v) is 12.7. The van der Waals surface area contributed by atoms with E-state index in [9.17, 15) is 9.59 Å². The van der Waals surface area contributed by atoms with Gasteiger partial charge in [-0.05, 0) is 20.8 Å². The molecule has 1 saturated heterocycles. The van der Waals surface area contributed by atoms with Gasteiger partial charge in [-0.2, -0.15) is 0 Å². The van der Waals surface area contributed by atoms with Crippen molar-refractivity contribution in [2.45, 2.75) is 38.8 Å². The fourth-order valence-corrected chi connectivity index (χ4v) is 1.74. The number of carbonyl (C=O) groups is 2. The second-order valence-corrected chi connectivity index (χ2v) is 5.36. The molecule has 0 bridgehead atoms. The van der Waals surface area contributed by atoms with Gasteiger partial charge in [0.15, 0.2) is 0 Å². The van der Waals surface area contributed by atoms with Gasteiger partial charge in [-0.25, -0.2) is 4.79 Å². The Morgan fingerprint density at radius 3 is 2.53 bits per heavy atom. The van der Waals surface area contributed by atoms with E-state index in [1.165, 1.54) is 7.11 Å². The lowest BCUT2D eigenvalue weighted by Crippen LogP contribution is -2.54. The minimum absolute atomic E-state index is 0. The molecular weight excluding hydrogens is 272 g/mol. The molecule has 1 heterocycles. The molecule has 1 aliphatic rings. The van der Waals surface area contributed by atoms with Crippen LogP contribution < -0.4 is 5.32 Å². The van der Waals surface area contributed by atoms with Crippen LogP contribution in [0.25, 0.3) is 0 Å². The number of carbonyl (C=O) groups excluding carboxylic acids is 2. The lowest BCUT2D eigenvalue weighted by molar-refractivity contribution is -0.141. The van der Waals surface area contributed by atoms with Crippen molar-refractivity contribution in [2.24, 2.45) is 0 Å². The molecule has 0 saturated carbocycles. The average Bonchev–Trinajstić information content (AvgIpc) is 2.27. The molecule has 1 N–H and O–H groups in total. The molecule has 112 valence electrons. The summed E-state index contributed by atoms with van der Waals surface area (Å²) in [5, 5.41) is 3.18. The van der Waals surface area contributed by atoms with Gasteiger partial charge in [-0.1, -0.05) is 0 Å². The van der Waals surface area contributed by atoms with Gasteiger partial charge in [-0.15, -0.1) is 12.4 Å². The lowest BCUT2D eigenvalue weighted by atomic mass is 10.1. The highest BCUT2D eigenvalue weighted by atomic mass is 35.5. The van der Waals surface area contributed by atoms with Crippen molar-refractivity contribution < 1.29 is 19.1 Å². The largest absolute Gasteiger partial charge is 0.469 e. The van der Waals surface area contributed by atoms with Crippen molar-refractivity contribution in [2.75, 3.05) is 26.7 Å². The number of rotatable bonds is 2. The van der Waals surface area contributed by atoms with Crippen LogP contribution >= 0.6 is 12.4 Å². The van der Waals surface area contributed by atoms with Gasteiger partial charge >= 0.3 is 12.1 Å². The first-order valence-corrected chi connectivity index (χ1v) is 6.10. The maximum absolute atomic E-state index is 11.9. The lowest BCUT2D eigenvalue weighted by Gasteiger charge is -2.34. The second-order valence-electron chi connectivity index (χ2n) is 5.36. The Balaban J connectivity index is 0.00000324. The predicted octanol–water partition coefficient (Wildman–Crippen LogP) is 1.18. The number of piperazine rings is 1. The van der Waals surface area contributed by atoms with Crippen LogP contribution in [0.15, 0.2) is 0 Å². The number of amides is 1. The first-order chi connectivity index (χ1) is 8.31. The molecule has 19 heavy (non-hydrogen) atoms. The summed E-state index contributed by atoms with van der Waals surface area (Å²) in [6, 6.07) is -0.0706. The summed E-state index contributed by atoms with van der Waals surface area (Å²) in [6.45, 7) is 7.20. The maximum atomic E-state index is 11.9. The monoisotopic (exact) mass is 294 g/mol. The van der Waals surface area contributed by atoms with Crippen LogP contribution in [0.5, 0.6) is 0 Å². The Morgan fingerprint density at radius 1 is 1.37 bits per heavy atom. The smallest absolute Gasteiger partial charge is 0.410 e. The van der Waals surface area contributed by atoms with E-state index >= 15 is 0 Å². The Morgan fingerprint density at radius 2 is 2.00 bits per heavy atom. The van der Waals surface area contributed by atoms with Gasteiger partial charge in [0.05, 0.1) is 13.5 Å². The maximum Gasteiger partial charge on any atom is 0.410 e. The van der Waals surface area contributed by atoms with E-state index in [-0.39, 0.29) is 36.9 Å². The topological polar surface area (TPSA) is 67.9 Å². The van der Waals surface area contributed by atoms with Crippen LogP contribution in [0, 0.1) is 0 Å². The summed E-state index contributed by atoms with van der Waals surface area (Å²) in [7, 11) is 1.36. The van der Waals surface area contributed by atoms with Crippen LogP contribution in [0.1, 0.15) is 27.2 Å². The molecule has 0 spiro atoms. The van der Waals surface area contributed by atoms with Gasteiger partial charge in [0.2, 0.25) is 0 Å². The predicted molar refractivity (Wildman–Crippen MR) is 73.5 cm³/mol. The standard InChI is InChI=1S/C12H22N2O4.ClH/c1-12(2,3)18-11(16)14-6-5-13-9(8-14)7-10(15)17-4;/h9,13H,5-8H2,1-4H3;1H/t9-;/m1./s1. The third kappa shape index (κ3) is 6.63. The highest BCUT2D eigenvalue weighted by molar-refractivity contribution is 5.85. The van der Waals surface area contributed by atoms with E-state index in [1.54, 1.807) is 4.90 Å². The summed E-state index contributed by atoms with van der Waals surface area (Å²) in [5.41, 5.74) is -0.500. The second kappa shape index (κ2) is 7.55. The van der Waals surface area contributed by atoms with Gasteiger partial charge in [0.1, 0.15) is 5.60 Å². The number of hydrogen-bond donors (Lipinski definition) is 1. The van der Waals surface area contributed by atoms with Crippen molar-refractivity contribution in [1.82, 2.24) is 10.2 Å². The van der Waals surface area contributed by atoms with E-state index in [2.05, 4.69) is 10.1 Å². The minimum atomic E-state index is -0.500. The van der Waals surface area contributed by atoms with Crippen molar-refractivity contribution in [3.63, 3.8) is 0 Å². The number of halogens is 1. The zero-order chi connectivity index (χ0) is 13.8. The number of nitrogens with one attached hydrogen (secondary N) is 1. The van der Waals surface area contributed by atoms with Crippen LogP contribution in [0.3, 0.4) is 0 Å². The fourth-order valence-electron chi connectivity index (χ4n) is 1.74. The van der Waals surface area contributed by atoms with Gasteiger partial charge in [0, 0.05) is 25.7 Å². The van der Waals surface area contributed by atoms with Crippen LogP contribution in [-0.4, -0.2) is 55.3 Å². The first-order valence-electron chi connectivity index (χ1n) is 6.10. The summed E-state index contributed by atoms with van der Waals surface area (Å²) in [5.74, 6) is -0.279.